The van der Waals surface area contributed by atoms with Crippen LogP contribution >= 0.6 is 34.5 Å². The Labute approximate surface area is 259 Å². The van der Waals surface area contributed by atoms with Crippen LogP contribution in [-0.2, 0) is 6.54 Å². The highest BCUT2D eigenvalue weighted by atomic mass is 35.5. The maximum Gasteiger partial charge on any atom is 0.163 e. The number of benzene rings is 2. The van der Waals surface area contributed by atoms with Crippen molar-refractivity contribution in [3.05, 3.63) is 62.2 Å². The van der Waals surface area contributed by atoms with Crippen molar-refractivity contribution in [2.24, 2.45) is 0 Å². The molecule has 0 unspecified atom stereocenters. The fraction of sp³-hybridized carbons (Fsp3) is 0.367. The number of piperazine rings is 1. The highest BCUT2D eigenvalue weighted by Crippen LogP contribution is 2.40. The topological polar surface area (TPSA) is 95.8 Å². The number of nitrogens with zero attached hydrogens (tertiary/aromatic N) is 5. The first-order valence-corrected chi connectivity index (χ1v) is 15.2. The molecule has 1 N–H and O–H groups in total. The first-order chi connectivity index (χ1) is 20.4. The lowest BCUT2D eigenvalue weighted by Gasteiger charge is -2.34. The Balaban J connectivity index is 1.23. The number of hydrogen-bond acceptors (Lipinski definition) is 10. The number of aryl methyl sites for hydroxylation is 1. The molecule has 1 fully saturated rings. The van der Waals surface area contributed by atoms with Crippen molar-refractivity contribution >= 4 is 56.8 Å². The third-order valence-corrected chi connectivity index (χ3v) is 8.60. The summed E-state index contributed by atoms with van der Waals surface area (Å²) < 4.78 is 17.2. The van der Waals surface area contributed by atoms with Crippen LogP contribution in [0.2, 0.25) is 10.0 Å². The van der Waals surface area contributed by atoms with E-state index in [1.54, 1.807) is 30.6 Å². The minimum atomic E-state index is 0.352. The second-order valence-electron chi connectivity index (χ2n) is 9.95. The molecule has 3 heterocycles. The monoisotopic (exact) mass is 626 g/mol. The number of rotatable bonds is 11. The molecule has 2 aromatic heterocycles. The maximum absolute atomic E-state index is 9.81. The summed E-state index contributed by atoms with van der Waals surface area (Å²) in [5, 5.41) is 17.8. The van der Waals surface area contributed by atoms with Crippen molar-refractivity contribution in [2.45, 2.75) is 19.9 Å². The van der Waals surface area contributed by atoms with Crippen LogP contribution in [0.15, 0.2) is 35.8 Å². The van der Waals surface area contributed by atoms with Gasteiger partial charge in [0.1, 0.15) is 11.8 Å². The molecule has 12 heteroatoms. The molecule has 42 heavy (non-hydrogen) atoms. The minimum Gasteiger partial charge on any atom is -0.495 e. The van der Waals surface area contributed by atoms with E-state index in [9.17, 15) is 5.26 Å². The fourth-order valence-electron chi connectivity index (χ4n) is 4.96. The van der Waals surface area contributed by atoms with Gasteiger partial charge in [0, 0.05) is 68.4 Å². The van der Waals surface area contributed by atoms with Gasteiger partial charge in [0.05, 0.1) is 64.0 Å². The van der Waals surface area contributed by atoms with Gasteiger partial charge in [-0.25, -0.2) is 4.98 Å². The van der Waals surface area contributed by atoms with Crippen LogP contribution < -0.4 is 19.5 Å². The molecule has 0 spiro atoms. The Morgan fingerprint density at radius 1 is 1.00 bits per heavy atom. The van der Waals surface area contributed by atoms with E-state index in [0.29, 0.717) is 61.7 Å². The largest absolute Gasteiger partial charge is 0.495 e. The Bertz CT molecular complexity index is 1600. The molecular formula is C30H32Cl2N6O3S. The number of methoxy groups -OCH3 is 2. The third-order valence-electron chi connectivity index (χ3n) is 7.17. The van der Waals surface area contributed by atoms with Crippen LogP contribution in [0.4, 0.5) is 11.4 Å². The van der Waals surface area contributed by atoms with Gasteiger partial charge < -0.3 is 24.4 Å². The second-order valence-corrected chi connectivity index (χ2v) is 11.8. The van der Waals surface area contributed by atoms with Gasteiger partial charge >= 0.3 is 0 Å². The number of halogens is 2. The summed E-state index contributed by atoms with van der Waals surface area (Å²) in [6.07, 6.45) is 2.41. The van der Waals surface area contributed by atoms with E-state index in [-0.39, 0.29) is 0 Å². The van der Waals surface area contributed by atoms with E-state index in [1.807, 2.05) is 19.1 Å². The summed E-state index contributed by atoms with van der Waals surface area (Å²) in [5.41, 5.74) is 3.25. The molecule has 5 rings (SSSR count). The SMILES string of the molecule is COc1cc(Nc2c(C#N)cnc3cc(OCCCN4CCN(Cc5csc(C)n5)CC4)c(OC)cc23)c(Cl)cc1Cl. The maximum atomic E-state index is 9.81. The molecule has 2 aromatic carbocycles. The third kappa shape index (κ3) is 7.00. The van der Waals surface area contributed by atoms with Crippen molar-refractivity contribution in [3.8, 4) is 23.3 Å². The van der Waals surface area contributed by atoms with Gasteiger partial charge in [-0.3, -0.25) is 9.88 Å². The van der Waals surface area contributed by atoms with Crippen LogP contribution in [0.3, 0.4) is 0 Å². The van der Waals surface area contributed by atoms with Gasteiger partial charge in [-0.05, 0) is 25.5 Å². The van der Waals surface area contributed by atoms with Crippen LogP contribution in [0.5, 0.6) is 17.2 Å². The number of nitriles is 1. The summed E-state index contributed by atoms with van der Waals surface area (Å²) in [6, 6.07) is 9.14. The zero-order chi connectivity index (χ0) is 29.6. The zero-order valence-electron chi connectivity index (χ0n) is 23.7. The average molecular weight is 628 g/mol. The molecule has 1 saturated heterocycles. The normalized spacial score (nSPS) is 14.1. The summed E-state index contributed by atoms with van der Waals surface area (Å²) in [6.45, 7) is 8.62. The van der Waals surface area contributed by atoms with Crippen molar-refractivity contribution in [1.82, 2.24) is 19.8 Å². The van der Waals surface area contributed by atoms with E-state index in [1.165, 1.54) is 19.0 Å². The minimum absolute atomic E-state index is 0.352. The van der Waals surface area contributed by atoms with Crippen molar-refractivity contribution in [1.29, 1.82) is 5.26 Å². The van der Waals surface area contributed by atoms with Gasteiger partial charge in [-0.1, -0.05) is 23.2 Å². The van der Waals surface area contributed by atoms with E-state index in [0.717, 1.165) is 50.7 Å². The van der Waals surface area contributed by atoms with E-state index < -0.39 is 0 Å². The van der Waals surface area contributed by atoms with Crippen LogP contribution in [-0.4, -0.2) is 73.3 Å². The van der Waals surface area contributed by atoms with Gasteiger partial charge in [-0.15, -0.1) is 11.3 Å². The molecule has 1 aliphatic rings. The summed E-state index contributed by atoms with van der Waals surface area (Å²) in [4.78, 5) is 14.0. The Morgan fingerprint density at radius 2 is 1.76 bits per heavy atom. The number of thiazole rings is 1. The number of fused-ring (bicyclic) bond motifs is 1. The van der Waals surface area contributed by atoms with Crippen LogP contribution in [0.25, 0.3) is 10.9 Å². The number of aromatic nitrogens is 2. The lowest BCUT2D eigenvalue weighted by molar-refractivity contribution is 0.120. The lowest BCUT2D eigenvalue weighted by Crippen LogP contribution is -2.46. The van der Waals surface area contributed by atoms with Crippen molar-refractivity contribution in [2.75, 3.05) is 58.9 Å². The first-order valence-electron chi connectivity index (χ1n) is 13.6. The second kappa shape index (κ2) is 13.8. The molecular weight excluding hydrogens is 595 g/mol. The first kappa shape index (κ1) is 30.1. The molecule has 0 saturated carbocycles. The highest BCUT2D eigenvalue weighted by molar-refractivity contribution is 7.09. The number of anilines is 2. The van der Waals surface area contributed by atoms with E-state index in [2.05, 4.69) is 36.5 Å². The lowest BCUT2D eigenvalue weighted by atomic mass is 10.1. The van der Waals surface area contributed by atoms with Gasteiger partial charge in [-0.2, -0.15) is 5.26 Å². The molecule has 9 nitrogen and oxygen atoms in total. The van der Waals surface area contributed by atoms with Gasteiger partial charge in [0.15, 0.2) is 11.5 Å². The molecule has 0 aliphatic carbocycles. The number of hydrogen-bond donors (Lipinski definition) is 1. The average Bonchev–Trinajstić information content (AvgIpc) is 3.41. The number of ether oxygens (including phenoxy) is 3. The quantitative estimate of drug-likeness (QED) is 0.186. The highest BCUT2D eigenvalue weighted by Gasteiger charge is 2.19. The molecule has 1 aliphatic heterocycles. The van der Waals surface area contributed by atoms with Crippen LogP contribution in [0, 0.1) is 18.3 Å². The Morgan fingerprint density at radius 3 is 2.45 bits per heavy atom. The molecule has 4 aromatic rings. The van der Waals surface area contributed by atoms with Crippen molar-refractivity contribution in [3.63, 3.8) is 0 Å². The molecule has 0 amide bonds. The molecule has 0 radical (unpaired) electrons. The predicted molar refractivity (Wildman–Crippen MR) is 168 cm³/mol. The van der Waals surface area contributed by atoms with Crippen molar-refractivity contribution < 1.29 is 14.2 Å². The molecule has 0 bridgehead atoms. The summed E-state index contributed by atoms with van der Waals surface area (Å²) in [5.74, 6) is 1.61. The summed E-state index contributed by atoms with van der Waals surface area (Å²) >= 11 is 14.4. The number of nitrogens with one attached hydrogen (secondary N) is 1. The Hall–Kier alpha value is -3.33. The Kier molecular flexibility index (Phi) is 9.88. The predicted octanol–water partition coefficient (Wildman–Crippen LogP) is 6.53. The summed E-state index contributed by atoms with van der Waals surface area (Å²) in [7, 11) is 3.12. The fourth-order valence-corrected chi connectivity index (χ4v) is 6.07. The van der Waals surface area contributed by atoms with Gasteiger partial charge in [0.2, 0.25) is 0 Å². The standard InChI is InChI=1S/C30H32Cl2N6O3S/c1-19-35-21(18-42-19)17-38-8-6-37(7-9-38)5-4-10-41-29-13-25-22(11-28(29)40-3)30(20(15-33)16-34-25)36-26-14-27(39-2)24(32)12-23(26)31/h11-14,16,18H,4-10,17H2,1-3H3,(H,34,36). The van der Waals surface area contributed by atoms with E-state index >= 15 is 0 Å². The smallest absolute Gasteiger partial charge is 0.163 e. The van der Waals surface area contributed by atoms with E-state index in [4.69, 9.17) is 37.4 Å². The molecule has 0 atom stereocenters. The molecule has 220 valence electrons. The zero-order valence-corrected chi connectivity index (χ0v) is 26.1. The van der Waals surface area contributed by atoms with Crippen LogP contribution in [0.1, 0.15) is 22.7 Å². The van der Waals surface area contributed by atoms with Gasteiger partial charge in [0.25, 0.3) is 0 Å². The number of pyridine rings is 1.